The molecule has 434 valence electrons. The van der Waals surface area contributed by atoms with Gasteiger partial charge in [-0.25, -0.2) is 40.7 Å². The molecule has 15 nitrogen and oxygen atoms in total. The van der Waals surface area contributed by atoms with Crippen LogP contribution in [0.5, 0.6) is 0 Å². The van der Waals surface area contributed by atoms with Crippen molar-refractivity contribution in [1.82, 2.24) is 28.7 Å². The summed E-state index contributed by atoms with van der Waals surface area (Å²) in [6, 6.07) is 24.9. The van der Waals surface area contributed by atoms with Gasteiger partial charge in [0.15, 0.2) is 0 Å². The number of nitrogens with one attached hydrogen (secondary N) is 3. The van der Waals surface area contributed by atoms with E-state index in [1.54, 1.807) is 42.5 Å². The molecule has 3 saturated carbocycles. The molecule has 0 aliphatic heterocycles. The number of aromatic nitrogens is 6. The second-order valence-corrected chi connectivity index (χ2v) is 23.2. The number of aliphatic hydroxyl groups is 3. The van der Waals surface area contributed by atoms with E-state index in [1.807, 2.05) is 0 Å². The van der Waals surface area contributed by atoms with Crippen LogP contribution in [0.4, 0.5) is 43.8 Å². The summed E-state index contributed by atoms with van der Waals surface area (Å²) in [5.74, 6) is -11.1. The molecule has 3 aromatic heterocycles. The highest BCUT2D eigenvalue weighted by atomic mass is 35.5. The van der Waals surface area contributed by atoms with Crippen LogP contribution in [0, 0.1) is 0 Å². The summed E-state index contributed by atoms with van der Waals surface area (Å²) in [7, 11) is 0. The van der Waals surface area contributed by atoms with Gasteiger partial charge >= 0.3 is 17.1 Å². The van der Waals surface area contributed by atoms with Crippen molar-refractivity contribution in [2.24, 2.45) is 0 Å². The van der Waals surface area contributed by atoms with Gasteiger partial charge in [0.05, 0.1) is 85.1 Å². The molecule has 3 aliphatic rings. The van der Waals surface area contributed by atoms with Crippen molar-refractivity contribution in [3.8, 4) is 17.1 Å². The van der Waals surface area contributed by atoms with Crippen LogP contribution < -0.4 is 33.0 Å². The van der Waals surface area contributed by atoms with Crippen LogP contribution >= 0.6 is 34.8 Å². The third-order valence-corrected chi connectivity index (χ3v) is 17.4. The largest absolute Gasteiger partial charge is 0.391 e. The first-order valence-corrected chi connectivity index (χ1v) is 27.9. The van der Waals surface area contributed by atoms with Gasteiger partial charge in [0.2, 0.25) is 0 Å². The average Bonchev–Trinajstić information content (AvgIpc) is 1.15. The minimum absolute atomic E-state index is 0.0138. The molecule has 3 fully saturated rings. The van der Waals surface area contributed by atoms with Crippen molar-refractivity contribution in [3.63, 3.8) is 0 Å². The van der Waals surface area contributed by atoms with Gasteiger partial charge in [-0.3, -0.25) is 13.7 Å². The Hall–Kier alpha value is -7.53. The number of rotatable bonds is 14. The highest BCUT2D eigenvalue weighted by molar-refractivity contribution is 6.33. The van der Waals surface area contributed by atoms with Gasteiger partial charge in [-0.2, -0.15) is 15.0 Å². The predicted molar refractivity (Wildman–Crippen MR) is 310 cm³/mol. The molecule has 0 bridgehead atoms. The standard InChI is InChI=1S/C60H50Cl3F6N9O6/c1-58(64,65)29-11-14-33-42(22-29)76(41-7-5-4-6-37(41)61)55(82)74-53(33)71-50-35(25-48(50)80)28-9-17-39(63)46(21-28)78-44-24-31(60(3,68)69)12-15-34(44)54(75-57(78)84)72-51-36(26-49(51)81)27-8-16-38(62)45(20-27)77-43-23-30(59(2,66)67)10-13-32(43)52(73-56(77)83)70-40-18-19-47(40)79/h4-17,20-24,35-36,40,47-51,79-81H,18-19,25-26H2,1-3H3,(H,70,73,83)(H,71,74,82)(H,72,75,84)/t35?,36?,40-,47-,48+,49-,50+,51-/m1/s1. The lowest BCUT2D eigenvalue weighted by Crippen LogP contribution is -2.50. The lowest BCUT2D eigenvalue weighted by molar-refractivity contribution is 0.0169. The molecule has 6 aromatic carbocycles. The molecule has 0 amide bonds. The average molecular weight is 1210 g/mol. The molecule has 9 aromatic rings. The number of halogens is 9. The minimum atomic E-state index is -3.40. The number of aliphatic hydroxyl groups excluding tert-OH is 3. The first kappa shape index (κ1) is 56.9. The Bertz CT molecular complexity index is 4360. The number of hydrogen-bond donors (Lipinski definition) is 6. The summed E-state index contributed by atoms with van der Waals surface area (Å²) in [5.41, 5.74) is -2.48. The SMILES string of the molecule is CC(F)(F)c1ccc2c(N[C@@H]3C(c4ccc(Cl)c(-n5c(=O)nc(N[C@@H]6CC[C@H]6O)c6ccc(C(C)(F)F)cc65)c4)C[C@H]3O)nc(=O)n(-c3cc(C4C[C@H](O)[C@H]4Nc4nc(=O)n(-c5ccccc5Cl)c5cc(C(C)(F)F)ccc45)ccc3Cl)c2c1. The number of para-hydroxylation sites is 1. The van der Waals surface area contributed by atoms with E-state index in [1.165, 1.54) is 66.7 Å². The number of alkyl halides is 6. The van der Waals surface area contributed by atoms with Gasteiger partial charge in [0, 0.05) is 65.5 Å². The van der Waals surface area contributed by atoms with E-state index in [4.69, 9.17) is 34.8 Å². The molecule has 8 atom stereocenters. The summed E-state index contributed by atoms with van der Waals surface area (Å²) in [5, 5.41) is 43.4. The van der Waals surface area contributed by atoms with Crippen molar-refractivity contribution >= 4 is 85.0 Å². The Morgan fingerprint density at radius 3 is 1.18 bits per heavy atom. The molecule has 2 unspecified atom stereocenters. The molecule has 3 aliphatic carbocycles. The number of nitrogens with zero attached hydrogens (tertiary/aromatic N) is 6. The maximum atomic E-state index is 15.3. The van der Waals surface area contributed by atoms with Crippen molar-refractivity contribution in [2.75, 3.05) is 16.0 Å². The lowest BCUT2D eigenvalue weighted by atomic mass is 9.72. The third kappa shape index (κ3) is 10.1. The van der Waals surface area contributed by atoms with E-state index in [0.717, 1.165) is 33.6 Å². The minimum Gasteiger partial charge on any atom is -0.391 e. The molecule has 3 heterocycles. The zero-order valence-corrected chi connectivity index (χ0v) is 46.8. The Kier molecular flexibility index (Phi) is 14.2. The van der Waals surface area contributed by atoms with Crippen LogP contribution in [0.25, 0.3) is 49.8 Å². The van der Waals surface area contributed by atoms with Gasteiger partial charge in [0.25, 0.3) is 17.8 Å². The predicted octanol–water partition coefficient (Wildman–Crippen LogP) is 11.7. The van der Waals surface area contributed by atoms with Crippen LogP contribution in [0.15, 0.2) is 130 Å². The van der Waals surface area contributed by atoms with Crippen molar-refractivity contribution in [3.05, 3.63) is 190 Å². The fraction of sp³-hybridized carbons (Fsp3) is 0.300. The number of benzene rings is 6. The molecule has 84 heavy (non-hydrogen) atoms. The molecule has 12 rings (SSSR count). The highest BCUT2D eigenvalue weighted by Gasteiger charge is 2.44. The number of hydrogen-bond acceptors (Lipinski definition) is 12. The Labute approximate surface area is 488 Å². The van der Waals surface area contributed by atoms with Crippen LogP contribution in [0.3, 0.4) is 0 Å². The van der Waals surface area contributed by atoms with Gasteiger partial charge < -0.3 is 31.3 Å². The second kappa shape index (κ2) is 20.9. The maximum Gasteiger partial charge on any atom is 0.354 e. The van der Waals surface area contributed by atoms with Crippen LogP contribution in [-0.2, 0) is 17.8 Å². The first-order chi connectivity index (χ1) is 39.7. The normalized spacial score (nSPS) is 21.7. The Balaban J connectivity index is 0.891. The van der Waals surface area contributed by atoms with Gasteiger partial charge in [-0.1, -0.05) is 77.3 Å². The van der Waals surface area contributed by atoms with E-state index in [9.17, 15) is 47.3 Å². The monoisotopic (exact) mass is 1210 g/mol. The summed E-state index contributed by atoms with van der Waals surface area (Å²) in [6.45, 7) is 2.15. The summed E-state index contributed by atoms with van der Waals surface area (Å²) in [6.07, 6.45) is -1.36. The maximum absolute atomic E-state index is 15.3. The lowest BCUT2D eigenvalue weighted by Gasteiger charge is -2.43. The molecule has 24 heteroatoms. The molecular formula is C60H50Cl3F6N9O6. The van der Waals surface area contributed by atoms with Gasteiger partial charge in [0.1, 0.15) is 17.5 Å². The van der Waals surface area contributed by atoms with Gasteiger partial charge in [-0.15, -0.1) is 0 Å². The highest BCUT2D eigenvalue weighted by Crippen LogP contribution is 2.45. The topological polar surface area (TPSA) is 201 Å². The van der Waals surface area contributed by atoms with Crippen molar-refractivity contribution in [2.45, 2.75) is 112 Å². The molecule has 0 saturated heterocycles. The zero-order valence-electron chi connectivity index (χ0n) is 44.6. The Morgan fingerprint density at radius 2 is 0.833 bits per heavy atom. The third-order valence-electron chi connectivity index (χ3n) is 16.4. The van der Waals surface area contributed by atoms with E-state index in [0.29, 0.717) is 36.3 Å². The van der Waals surface area contributed by atoms with Gasteiger partial charge in [-0.05, 0) is 110 Å². The first-order valence-electron chi connectivity index (χ1n) is 26.8. The van der Waals surface area contributed by atoms with E-state index >= 15 is 8.78 Å². The van der Waals surface area contributed by atoms with E-state index in [2.05, 4.69) is 30.9 Å². The Morgan fingerprint density at radius 1 is 0.464 bits per heavy atom. The van der Waals surface area contributed by atoms with Crippen LogP contribution in [0.1, 0.15) is 86.1 Å². The number of anilines is 3. The molecule has 0 spiro atoms. The van der Waals surface area contributed by atoms with Crippen LogP contribution in [-0.4, -0.2) is 80.4 Å². The summed E-state index contributed by atoms with van der Waals surface area (Å²) < 4.78 is 93.3. The van der Waals surface area contributed by atoms with Crippen molar-refractivity contribution in [1.29, 1.82) is 0 Å². The molecular weight excluding hydrogens is 1160 g/mol. The summed E-state index contributed by atoms with van der Waals surface area (Å²) in [4.78, 5) is 55.6. The van der Waals surface area contributed by atoms with E-state index < -0.39 is 88.7 Å². The smallest absolute Gasteiger partial charge is 0.354 e. The van der Waals surface area contributed by atoms with E-state index in [-0.39, 0.29) is 101 Å². The number of fused-ring (bicyclic) bond motifs is 3. The molecule has 6 N–H and O–H groups in total. The zero-order chi connectivity index (χ0) is 59.6. The van der Waals surface area contributed by atoms with Crippen molar-refractivity contribution < 1.29 is 41.7 Å². The molecule has 0 radical (unpaired) electrons. The quantitative estimate of drug-likeness (QED) is 0.0564. The fourth-order valence-corrected chi connectivity index (χ4v) is 12.1. The fourth-order valence-electron chi connectivity index (χ4n) is 11.5. The van der Waals surface area contributed by atoms with Crippen LogP contribution in [0.2, 0.25) is 15.1 Å². The second-order valence-electron chi connectivity index (χ2n) is 22.0. The summed E-state index contributed by atoms with van der Waals surface area (Å²) >= 11 is 20.2.